The zero-order valence-electron chi connectivity index (χ0n) is 22.8. The maximum Gasteiger partial charge on any atom is 0.416 e. The average molecular weight is 544 g/mol. The topological polar surface area (TPSA) is 61.6 Å². The number of alkyl halides is 3. The Morgan fingerprint density at radius 1 is 1.00 bits per heavy atom. The number of hydrogen-bond donors (Lipinski definition) is 0. The molecule has 3 rings (SSSR count). The summed E-state index contributed by atoms with van der Waals surface area (Å²) in [5.74, 6) is 0.988. The van der Waals surface area contributed by atoms with Crippen molar-refractivity contribution in [3.63, 3.8) is 0 Å². The van der Waals surface area contributed by atoms with E-state index in [2.05, 4.69) is 11.9 Å². The fourth-order valence-electron chi connectivity index (χ4n) is 4.15. The van der Waals surface area contributed by atoms with Crippen LogP contribution in [-0.4, -0.2) is 17.6 Å². The van der Waals surface area contributed by atoms with Crippen molar-refractivity contribution in [1.29, 1.82) is 0 Å². The van der Waals surface area contributed by atoms with Gasteiger partial charge in [0.05, 0.1) is 12.2 Å². The van der Waals surface area contributed by atoms with Crippen LogP contribution in [0.15, 0.2) is 59.0 Å². The number of oxazole rings is 1. The van der Waals surface area contributed by atoms with Crippen LogP contribution in [0.5, 0.6) is 5.75 Å². The van der Waals surface area contributed by atoms with Crippen LogP contribution < -0.4 is 4.74 Å². The van der Waals surface area contributed by atoms with Gasteiger partial charge in [-0.1, -0.05) is 51.2 Å². The molecule has 0 N–H and O–H groups in total. The van der Waals surface area contributed by atoms with Crippen molar-refractivity contribution in [1.82, 2.24) is 4.98 Å². The van der Waals surface area contributed by atoms with Crippen LogP contribution >= 0.6 is 0 Å². The van der Waals surface area contributed by atoms with E-state index in [4.69, 9.17) is 13.9 Å². The van der Waals surface area contributed by atoms with Gasteiger partial charge in [-0.3, -0.25) is 0 Å². The van der Waals surface area contributed by atoms with Crippen LogP contribution in [0.1, 0.15) is 81.4 Å². The minimum absolute atomic E-state index is 0.119. The number of carbonyl (C=O) groups excluding carboxylic acids is 1. The Morgan fingerprint density at radius 3 is 2.41 bits per heavy atom. The summed E-state index contributed by atoms with van der Waals surface area (Å²) in [4.78, 5) is 16.6. The van der Waals surface area contributed by atoms with Gasteiger partial charge in [0.1, 0.15) is 23.8 Å². The minimum atomic E-state index is -4.40. The van der Waals surface area contributed by atoms with E-state index in [0.29, 0.717) is 29.4 Å². The number of hydrogen-bond acceptors (Lipinski definition) is 5. The van der Waals surface area contributed by atoms with Gasteiger partial charge in [-0.15, -0.1) is 0 Å². The Balaban J connectivity index is 1.69. The summed E-state index contributed by atoms with van der Waals surface area (Å²) in [7, 11) is 0. The predicted molar refractivity (Wildman–Crippen MR) is 145 cm³/mol. The molecule has 5 nitrogen and oxygen atoms in total. The first-order valence-electron chi connectivity index (χ1n) is 13.5. The molecule has 3 aromatic rings. The summed E-state index contributed by atoms with van der Waals surface area (Å²) in [5, 5.41) is 0. The lowest BCUT2D eigenvalue weighted by molar-refractivity contribution is -0.138. The molecule has 0 fully saturated rings. The van der Waals surface area contributed by atoms with Gasteiger partial charge in [-0.05, 0) is 74.2 Å². The van der Waals surface area contributed by atoms with Gasteiger partial charge in [-0.25, -0.2) is 9.78 Å². The molecule has 0 atom stereocenters. The molecule has 39 heavy (non-hydrogen) atoms. The summed E-state index contributed by atoms with van der Waals surface area (Å²) >= 11 is 0. The van der Waals surface area contributed by atoms with Gasteiger partial charge in [0, 0.05) is 11.6 Å². The van der Waals surface area contributed by atoms with E-state index in [-0.39, 0.29) is 18.5 Å². The molecule has 0 unspecified atom stereocenters. The SMILES string of the molecule is CCCCCCCC/C(=C\C(=O)OCC)c1cccc(OCc2nc(-c3ccc(C(F)(F)F)cc3)oc2C)c1. The van der Waals surface area contributed by atoms with Gasteiger partial charge >= 0.3 is 12.1 Å². The highest BCUT2D eigenvalue weighted by molar-refractivity contribution is 5.91. The molecule has 0 aliphatic carbocycles. The normalized spacial score (nSPS) is 12.0. The molecule has 0 aliphatic rings. The predicted octanol–water partition coefficient (Wildman–Crippen LogP) is 8.94. The second-order valence-electron chi connectivity index (χ2n) is 9.35. The third-order valence-corrected chi connectivity index (χ3v) is 6.31. The first-order valence-corrected chi connectivity index (χ1v) is 13.5. The highest BCUT2D eigenvalue weighted by atomic mass is 19.4. The number of aryl methyl sites for hydroxylation is 1. The Hall–Kier alpha value is -3.55. The second kappa shape index (κ2) is 14.6. The monoisotopic (exact) mass is 543 g/mol. The number of carbonyl (C=O) groups is 1. The molecule has 0 saturated heterocycles. The maximum absolute atomic E-state index is 12.9. The molecular weight excluding hydrogens is 507 g/mol. The lowest BCUT2D eigenvalue weighted by atomic mass is 9.98. The number of esters is 1. The van der Waals surface area contributed by atoms with Crippen molar-refractivity contribution >= 4 is 11.5 Å². The third kappa shape index (κ3) is 9.30. The fourth-order valence-corrected chi connectivity index (χ4v) is 4.15. The van der Waals surface area contributed by atoms with Crippen LogP contribution in [-0.2, 0) is 22.3 Å². The average Bonchev–Trinajstić information content (AvgIpc) is 3.29. The number of ether oxygens (including phenoxy) is 2. The molecule has 0 saturated carbocycles. The Kier molecular flexibility index (Phi) is 11.2. The summed E-state index contributed by atoms with van der Waals surface area (Å²) < 4.78 is 55.4. The van der Waals surface area contributed by atoms with Crippen LogP contribution in [0.2, 0.25) is 0 Å². The summed E-state index contributed by atoms with van der Waals surface area (Å²) in [6, 6.07) is 12.2. The number of nitrogens with zero attached hydrogens (tertiary/aromatic N) is 1. The summed E-state index contributed by atoms with van der Waals surface area (Å²) in [6.07, 6.45) is 4.83. The minimum Gasteiger partial charge on any atom is -0.487 e. The molecule has 1 heterocycles. The van der Waals surface area contributed by atoms with Gasteiger partial charge in [0.2, 0.25) is 5.89 Å². The van der Waals surface area contributed by atoms with E-state index in [1.165, 1.54) is 37.8 Å². The number of aromatic nitrogens is 1. The molecule has 0 aliphatic heterocycles. The number of benzene rings is 2. The van der Waals surface area contributed by atoms with Crippen LogP contribution in [0.25, 0.3) is 17.0 Å². The number of rotatable bonds is 14. The summed E-state index contributed by atoms with van der Waals surface area (Å²) in [5.41, 5.74) is 2.05. The lowest BCUT2D eigenvalue weighted by Gasteiger charge is -2.11. The van der Waals surface area contributed by atoms with E-state index in [0.717, 1.165) is 42.5 Å². The molecular formula is C31H36F3NO4. The zero-order valence-corrected chi connectivity index (χ0v) is 22.8. The number of unbranched alkanes of at least 4 members (excludes halogenated alkanes) is 5. The third-order valence-electron chi connectivity index (χ3n) is 6.31. The van der Waals surface area contributed by atoms with E-state index >= 15 is 0 Å². The van der Waals surface area contributed by atoms with Crippen molar-refractivity contribution in [2.24, 2.45) is 0 Å². The first kappa shape index (κ1) is 30.0. The van der Waals surface area contributed by atoms with Gasteiger partial charge in [-0.2, -0.15) is 13.2 Å². The lowest BCUT2D eigenvalue weighted by Crippen LogP contribution is -2.04. The Morgan fingerprint density at radius 2 is 1.72 bits per heavy atom. The van der Waals surface area contributed by atoms with Crippen LogP contribution in [0.4, 0.5) is 13.2 Å². The molecule has 0 spiro atoms. The maximum atomic E-state index is 12.9. The largest absolute Gasteiger partial charge is 0.487 e. The van der Waals surface area contributed by atoms with Crippen molar-refractivity contribution in [3.8, 4) is 17.2 Å². The van der Waals surface area contributed by atoms with Crippen LogP contribution in [0, 0.1) is 6.92 Å². The van der Waals surface area contributed by atoms with E-state index in [1.54, 1.807) is 19.9 Å². The van der Waals surface area contributed by atoms with Gasteiger partial charge < -0.3 is 13.9 Å². The van der Waals surface area contributed by atoms with Crippen molar-refractivity contribution in [2.45, 2.75) is 78.5 Å². The highest BCUT2D eigenvalue weighted by Crippen LogP contribution is 2.31. The van der Waals surface area contributed by atoms with E-state index in [9.17, 15) is 18.0 Å². The molecule has 2 aromatic carbocycles. The van der Waals surface area contributed by atoms with Crippen molar-refractivity contribution < 1.29 is 31.9 Å². The number of halogens is 3. The Bertz CT molecular complexity index is 1230. The molecule has 0 radical (unpaired) electrons. The second-order valence-corrected chi connectivity index (χ2v) is 9.35. The Labute approximate surface area is 228 Å². The molecule has 8 heteroatoms. The molecule has 0 bridgehead atoms. The van der Waals surface area contributed by atoms with Crippen molar-refractivity contribution in [2.75, 3.05) is 6.61 Å². The van der Waals surface area contributed by atoms with Crippen molar-refractivity contribution in [3.05, 3.63) is 77.2 Å². The summed E-state index contributed by atoms with van der Waals surface area (Å²) in [6.45, 7) is 6.14. The first-order chi connectivity index (χ1) is 18.7. The molecule has 1 aromatic heterocycles. The van der Waals surface area contributed by atoms with Gasteiger partial charge in [0.25, 0.3) is 0 Å². The standard InChI is InChI=1S/C31H36F3NO4/c1-4-6-7-8-9-10-12-25(20-29(36)37-5-2)24-13-11-14-27(19-24)38-21-28-22(3)39-30(35-28)23-15-17-26(18-16-23)31(32,33)34/h11,13-20H,4-10,12,21H2,1-3H3/b25-20+. The van der Waals surface area contributed by atoms with Gasteiger partial charge in [0.15, 0.2) is 0 Å². The number of allylic oxidation sites excluding steroid dienone is 1. The van der Waals surface area contributed by atoms with Crippen LogP contribution in [0.3, 0.4) is 0 Å². The highest BCUT2D eigenvalue weighted by Gasteiger charge is 2.30. The molecule has 0 amide bonds. The fraction of sp³-hybridized carbons (Fsp3) is 0.419. The zero-order chi connectivity index (χ0) is 28.3. The quantitative estimate of drug-likeness (QED) is 0.115. The van der Waals surface area contributed by atoms with E-state index < -0.39 is 11.7 Å². The van der Waals surface area contributed by atoms with E-state index in [1.807, 2.05) is 24.3 Å². The smallest absolute Gasteiger partial charge is 0.416 e. The molecule has 210 valence electrons.